The number of nitrogens with one attached hydrogen (secondary N) is 1. The third-order valence-corrected chi connectivity index (χ3v) is 3.44. The van der Waals surface area contributed by atoms with E-state index in [9.17, 15) is 10.1 Å². The van der Waals surface area contributed by atoms with Gasteiger partial charge in [0.15, 0.2) is 0 Å². The number of nitro groups is 1. The molecule has 0 atom stereocenters. The fraction of sp³-hybridized carbons (Fsp3) is 0.250. The maximum Gasteiger partial charge on any atom is 0.272 e. The van der Waals surface area contributed by atoms with Gasteiger partial charge in [-0.25, -0.2) is 0 Å². The van der Waals surface area contributed by atoms with E-state index in [0.29, 0.717) is 12.2 Å². The molecule has 0 radical (unpaired) electrons. The minimum absolute atomic E-state index is 0.128. The zero-order valence-electron chi connectivity index (χ0n) is 10.6. The molecule has 1 aromatic carbocycles. The third-order valence-electron chi connectivity index (χ3n) is 2.84. The van der Waals surface area contributed by atoms with Crippen LogP contribution in [0.1, 0.15) is 5.69 Å². The van der Waals surface area contributed by atoms with Gasteiger partial charge in [0.25, 0.3) is 5.69 Å². The van der Waals surface area contributed by atoms with Gasteiger partial charge in [-0.1, -0.05) is 23.2 Å². The zero-order chi connectivity index (χ0) is 14.7. The molecule has 1 N–H and O–H groups in total. The van der Waals surface area contributed by atoms with Gasteiger partial charge < -0.3 is 5.32 Å². The molecule has 0 bridgehead atoms. The Bertz CT molecular complexity index is 619. The molecule has 1 aromatic heterocycles. The second-order valence-corrected chi connectivity index (χ2v) is 4.98. The van der Waals surface area contributed by atoms with Gasteiger partial charge in [-0.3, -0.25) is 14.8 Å². The lowest BCUT2D eigenvalue weighted by Gasteiger charge is -2.10. The first-order valence-corrected chi connectivity index (χ1v) is 6.59. The highest BCUT2D eigenvalue weighted by atomic mass is 35.5. The quantitative estimate of drug-likeness (QED) is 0.679. The van der Waals surface area contributed by atoms with Crippen molar-refractivity contribution in [3.63, 3.8) is 0 Å². The average molecular weight is 315 g/mol. The third kappa shape index (κ3) is 3.20. The average Bonchev–Trinajstić information content (AvgIpc) is 2.78. The van der Waals surface area contributed by atoms with Crippen molar-refractivity contribution < 1.29 is 4.92 Å². The van der Waals surface area contributed by atoms with Gasteiger partial charge in [0.2, 0.25) is 0 Å². The van der Waals surface area contributed by atoms with Gasteiger partial charge in [0.05, 0.1) is 20.7 Å². The lowest BCUT2D eigenvalue weighted by molar-refractivity contribution is -0.384. The van der Waals surface area contributed by atoms with Crippen LogP contribution in [0.3, 0.4) is 0 Å². The molecule has 0 aliphatic carbocycles. The molecule has 0 fully saturated rings. The second-order valence-electron chi connectivity index (χ2n) is 4.16. The number of hydrogen-bond acceptors (Lipinski definition) is 4. The Kier molecular flexibility index (Phi) is 4.46. The van der Waals surface area contributed by atoms with Crippen molar-refractivity contribution in [2.24, 2.45) is 7.05 Å². The van der Waals surface area contributed by atoms with Crippen LogP contribution in [0, 0.1) is 10.1 Å². The van der Waals surface area contributed by atoms with Crippen molar-refractivity contribution in [3.05, 3.63) is 50.2 Å². The predicted molar refractivity (Wildman–Crippen MR) is 78.5 cm³/mol. The molecule has 0 saturated heterocycles. The Labute approximate surface area is 125 Å². The topological polar surface area (TPSA) is 73.0 Å². The van der Waals surface area contributed by atoms with Crippen molar-refractivity contribution in [2.45, 2.75) is 6.42 Å². The molecule has 0 aliphatic rings. The number of anilines is 1. The molecular weight excluding hydrogens is 303 g/mol. The number of nitrogens with zero attached hydrogens (tertiary/aromatic N) is 3. The SMILES string of the molecule is Cn1nccc1CCNc1c(Cl)cc([N+](=O)[O-])cc1Cl. The van der Waals surface area contributed by atoms with Gasteiger partial charge in [0.1, 0.15) is 0 Å². The predicted octanol–water partition coefficient (Wildman–Crippen LogP) is 3.29. The van der Waals surface area contributed by atoms with E-state index in [1.54, 1.807) is 10.9 Å². The summed E-state index contributed by atoms with van der Waals surface area (Å²) in [5.74, 6) is 0. The number of aryl methyl sites for hydroxylation is 1. The molecule has 2 aromatic rings. The smallest absolute Gasteiger partial charge is 0.272 e. The Morgan fingerprint density at radius 1 is 1.40 bits per heavy atom. The fourth-order valence-electron chi connectivity index (χ4n) is 1.80. The lowest BCUT2D eigenvalue weighted by atomic mass is 10.2. The van der Waals surface area contributed by atoms with Crippen LogP contribution in [0.2, 0.25) is 10.0 Å². The summed E-state index contributed by atoms with van der Waals surface area (Å²) in [7, 11) is 1.86. The minimum Gasteiger partial charge on any atom is -0.382 e. The molecule has 2 rings (SSSR count). The van der Waals surface area contributed by atoms with E-state index in [4.69, 9.17) is 23.2 Å². The Hall–Kier alpha value is -1.79. The second kappa shape index (κ2) is 6.11. The number of non-ortho nitro benzene ring substituents is 1. The van der Waals surface area contributed by atoms with Gasteiger partial charge >= 0.3 is 0 Å². The van der Waals surface area contributed by atoms with Crippen LogP contribution in [-0.4, -0.2) is 21.2 Å². The fourth-order valence-corrected chi connectivity index (χ4v) is 2.41. The van der Waals surface area contributed by atoms with E-state index in [1.165, 1.54) is 12.1 Å². The highest BCUT2D eigenvalue weighted by Gasteiger charge is 2.14. The first kappa shape index (κ1) is 14.6. The lowest BCUT2D eigenvalue weighted by Crippen LogP contribution is -2.09. The van der Waals surface area contributed by atoms with Crippen LogP contribution in [0.4, 0.5) is 11.4 Å². The first-order valence-electron chi connectivity index (χ1n) is 5.83. The largest absolute Gasteiger partial charge is 0.382 e. The van der Waals surface area contributed by atoms with E-state index in [-0.39, 0.29) is 15.7 Å². The summed E-state index contributed by atoms with van der Waals surface area (Å²) >= 11 is 12.0. The number of benzene rings is 1. The normalized spacial score (nSPS) is 10.6. The number of rotatable bonds is 5. The highest BCUT2D eigenvalue weighted by molar-refractivity contribution is 6.39. The molecule has 1 heterocycles. The van der Waals surface area contributed by atoms with Crippen LogP contribution in [-0.2, 0) is 13.5 Å². The monoisotopic (exact) mass is 314 g/mol. The van der Waals surface area contributed by atoms with E-state index >= 15 is 0 Å². The van der Waals surface area contributed by atoms with Crippen LogP contribution >= 0.6 is 23.2 Å². The summed E-state index contributed by atoms with van der Waals surface area (Å²) in [6.45, 7) is 0.594. The standard InChI is InChI=1S/C12H12Cl2N4O2/c1-17-8(3-5-16-17)2-4-15-12-10(13)6-9(18(19)20)7-11(12)14/h3,5-7,15H,2,4H2,1H3. The Morgan fingerprint density at radius 2 is 2.05 bits per heavy atom. The molecule has 0 amide bonds. The van der Waals surface area contributed by atoms with E-state index in [1.807, 2.05) is 13.1 Å². The molecule has 0 aliphatic heterocycles. The molecule has 6 nitrogen and oxygen atoms in total. The number of nitro benzene ring substituents is 1. The van der Waals surface area contributed by atoms with E-state index < -0.39 is 4.92 Å². The summed E-state index contributed by atoms with van der Waals surface area (Å²) in [5, 5.41) is 18.3. The summed E-state index contributed by atoms with van der Waals surface area (Å²) in [6, 6.07) is 4.47. The van der Waals surface area contributed by atoms with Gasteiger partial charge in [-0.2, -0.15) is 5.10 Å². The van der Waals surface area contributed by atoms with Crippen molar-refractivity contribution in [1.82, 2.24) is 9.78 Å². The summed E-state index contributed by atoms with van der Waals surface area (Å²) in [5.41, 5.74) is 1.44. The summed E-state index contributed by atoms with van der Waals surface area (Å²) in [4.78, 5) is 10.2. The first-order chi connectivity index (χ1) is 9.49. The van der Waals surface area contributed by atoms with Crippen molar-refractivity contribution in [1.29, 1.82) is 0 Å². The minimum atomic E-state index is -0.531. The highest BCUT2D eigenvalue weighted by Crippen LogP contribution is 2.34. The number of aromatic nitrogens is 2. The van der Waals surface area contributed by atoms with Crippen LogP contribution in [0.5, 0.6) is 0 Å². The maximum absolute atomic E-state index is 10.7. The van der Waals surface area contributed by atoms with E-state index in [2.05, 4.69) is 10.4 Å². The van der Waals surface area contributed by atoms with Crippen molar-refractivity contribution in [2.75, 3.05) is 11.9 Å². The summed E-state index contributed by atoms with van der Waals surface area (Å²) in [6.07, 6.45) is 2.46. The maximum atomic E-state index is 10.7. The molecule has 0 unspecified atom stereocenters. The van der Waals surface area contributed by atoms with Gasteiger partial charge in [-0.15, -0.1) is 0 Å². The van der Waals surface area contributed by atoms with E-state index in [0.717, 1.165) is 12.1 Å². The van der Waals surface area contributed by atoms with Crippen LogP contribution < -0.4 is 5.32 Å². The molecule has 106 valence electrons. The Morgan fingerprint density at radius 3 is 2.55 bits per heavy atom. The molecule has 0 saturated carbocycles. The molecule has 8 heteroatoms. The van der Waals surface area contributed by atoms with Crippen molar-refractivity contribution >= 4 is 34.6 Å². The van der Waals surface area contributed by atoms with Crippen molar-refractivity contribution in [3.8, 4) is 0 Å². The van der Waals surface area contributed by atoms with Crippen LogP contribution in [0.25, 0.3) is 0 Å². The van der Waals surface area contributed by atoms with Crippen LogP contribution in [0.15, 0.2) is 24.4 Å². The summed E-state index contributed by atoms with van der Waals surface area (Å²) < 4.78 is 1.78. The molecule has 20 heavy (non-hydrogen) atoms. The van der Waals surface area contributed by atoms with Gasteiger partial charge in [-0.05, 0) is 6.07 Å². The molecule has 0 spiro atoms. The zero-order valence-corrected chi connectivity index (χ0v) is 12.1. The number of hydrogen-bond donors (Lipinski definition) is 1. The Balaban J connectivity index is 2.06. The number of halogens is 2. The van der Waals surface area contributed by atoms with Gasteiger partial charge in [0, 0.05) is 44.0 Å². The molecular formula is C12H12Cl2N4O2.